The lowest BCUT2D eigenvalue weighted by Crippen LogP contribution is -2.24. The molecule has 0 radical (unpaired) electrons. The number of rotatable bonds is 8. The summed E-state index contributed by atoms with van der Waals surface area (Å²) >= 11 is 0.696. The molecule has 3 rings (SSSR count). The van der Waals surface area contributed by atoms with Gasteiger partial charge in [0.15, 0.2) is 0 Å². The maximum Gasteiger partial charge on any atom is 0.417 e. The van der Waals surface area contributed by atoms with E-state index in [2.05, 4.69) is 15.0 Å². The van der Waals surface area contributed by atoms with Crippen LogP contribution >= 0.6 is 11.8 Å². The topological polar surface area (TPSA) is 75.0 Å². The Balaban J connectivity index is 1.85. The molecule has 11 heteroatoms. The number of nitrogens with zero attached hydrogens (tertiary/aromatic N) is 2. The van der Waals surface area contributed by atoms with Crippen molar-refractivity contribution in [1.82, 2.24) is 10.3 Å². The van der Waals surface area contributed by atoms with Crippen molar-refractivity contribution in [1.29, 1.82) is 5.26 Å². The smallest absolute Gasteiger partial charge is 0.417 e. The van der Waals surface area contributed by atoms with Crippen LogP contribution in [0.4, 0.5) is 22.0 Å². The first-order chi connectivity index (χ1) is 16.2. The van der Waals surface area contributed by atoms with Gasteiger partial charge in [0.25, 0.3) is 0 Å². The summed E-state index contributed by atoms with van der Waals surface area (Å²) in [6.07, 6.45) is -4.85. The lowest BCUT2D eigenvalue weighted by atomic mass is 10.1. The van der Waals surface area contributed by atoms with E-state index in [0.717, 1.165) is 5.56 Å². The number of pyridine rings is 1. The number of thioether (sulfide) groups is 1. The van der Waals surface area contributed by atoms with Crippen LogP contribution < -0.4 is 10.1 Å². The molecule has 34 heavy (non-hydrogen) atoms. The minimum absolute atomic E-state index is 0.137. The molecule has 5 nitrogen and oxygen atoms in total. The second kappa shape index (κ2) is 11.0. The predicted octanol–water partition coefficient (Wildman–Crippen LogP) is 5.65. The van der Waals surface area contributed by atoms with Gasteiger partial charge < -0.3 is 10.1 Å². The van der Waals surface area contributed by atoms with Crippen LogP contribution in [0.1, 0.15) is 16.7 Å². The van der Waals surface area contributed by atoms with Gasteiger partial charge in [0.1, 0.15) is 16.8 Å². The normalized spacial score (nSPS) is 11.2. The van der Waals surface area contributed by atoms with Crippen molar-refractivity contribution in [2.45, 2.75) is 24.4 Å². The minimum atomic E-state index is -4.85. The third kappa shape index (κ3) is 6.68. The molecule has 0 aliphatic carbocycles. The van der Waals surface area contributed by atoms with Crippen molar-refractivity contribution in [2.24, 2.45) is 0 Å². The van der Waals surface area contributed by atoms with Gasteiger partial charge in [-0.25, -0.2) is 4.98 Å². The number of aromatic nitrogens is 1. The molecule has 1 heterocycles. The van der Waals surface area contributed by atoms with Crippen LogP contribution in [0, 0.1) is 11.3 Å². The van der Waals surface area contributed by atoms with E-state index in [1.54, 1.807) is 24.3 Å². The van der Waals surface area contributed by atoms with Crippen LogP contribution in [0.25, 0.3) is 11.3 Å². The summed E-state index contributed by atoms with van der Waals surface area (Å²) in [5.74, 6) is -0.892. The highest BCUT2D eigenvalue weighted by atomic mass is 32.2. The van der Waals surface area contributed by atoms with Crippen LogP contribution in [0.5, 0.6) is 5.75 Å². The molecule has 0 saturated carbocycles. The summed E-state index contributed by atoms with van der Waals surface area (Å²) in [4.78, 5) is 16.4. The molecule has 3 aromatic rings. The van der Waals surface area contributed by atoms with E-state index in [9.17, 15) is 32.0 Å². The van der Waals surface area contributed by atoms with Gasteiger partial charge in [-0.1, -0.05) is 42.1 Å². The Kier molecular flexibility index (Phi) is 8.07. The van der Waals surface area contributed by atoms with E-state index in [4.69, 9.17) is 0 Å². The number of nitriles is 1. The van der Waals surface area contributed by atoms with Gasteiger partial charge in [-0.3, -0.25) is 4.79 Å². The number of halogens is 5. The molecule has 2 aromatic carbocycles. The highest BCUT2D eigenvalue weighted by Crippen LogP contribution is 2.38. The fraction of sp³-hybridized carbons (Fsp3) is 0.174. The molecule has 0 bridgehead atoms. The average Bonchev–Trinajstić information content (AvgIpc) is 2.81. The Morgan fingerprint density at radius 3 is 2.38 bits per heavy atom. The SMILES string of the molecule is N#Cc1c(C(F)(F)F)cc(-c2ccc(OC(F)F)cc2)nc1SCC(=O)NCc1ccccc1. The fourth-order valence-electron chi connectivity index (χ4n) is 2.89. The Hall–Kier alpha value is -3.65. The van der Waals surface area contributed by atoms with Crippen LogP contribution in [-0.2, 0) is 17.5 Å². The van der Waals surface area contributed by atoms with Crippen molar-refractivity contribution >= 4 is 17.7 Å². The predicted molar refractivity (Wildman–Crippen MR) is 115 cm³/mol. The third-order valence-electron chi connectivity index (χ3n) is 4.45. The van der Waals surface area contributed by atoms with Gasteiger partial charge in [-0.15, -0.1) is 0 Å². The Bertz CT molecular complexity index is 1180. The summed E-state index contributed by atoms with van der Waals surface area (Å²) in [6, 6.07) is 16.1. The summed E-state index contributed by atoms with van der Waals surface area (Å²) in [6.45, 7) is -2.81. The van der Waals surface area contributed by atoms with E-state index < -0.39 is 29.8 Å². The first kappa shape index (κ1) is 25.0. The highest BCUT2D eigenvalue weighted by Gasteiger charge is 2.36. The van der Waals surface area contributed by atoms with E-state index in [1.807, 2.05) is 6.07 Å². The third-order valence-corrected chi connectivity index (χ3v) is 5.43. The van der Waals surface area contributed by atoms with E-state index in [-0.39, 0.29) is 34.3 Å². The van der Waals surface area contributed by atoms with Crippen LogP contribution in [0.15, 0.2) is 65.7 Å². The van der Waals surface area contributed by atoms with Crippen molar-refractivity contribution in [3.8, 4) is 23.1 Å². The first-order valence-corrected chi connectivity index (χ1v) is 10.7. The maximum atomic E-state index is 13.7. The van der Waals surface area contributed by atoms with Gasteiger partial charge in [0.05, 0.1) is 22.6 Å². The van der Waals surface area contributed by atoms with Gasteiger partial charge in [0.2, 0.25) is 5.91 Å². The van der Waals surface area contributed by atoms with Gasteiger partial charge in [0, 0.05) is 12.1 Å². The molecule has 1 amide bonds. The average molecular weight is 493 g/mol. The van der Waals surface area contributed by atoms with Crippen LogP contribution in [0.3, 0.4) is 0 Å². The van der Waals surface area contributed by atoms with Gasteiger partial charge in [-0.2, -0.15) is 27.2 Å². The van der Waals surface area contributed by atoms with Crippen molar-refractivity contribution in [2.75, 3.05) is 5.75 Å². The highest BCUT2D eigenvalue weighted by molar-refractivity contribution is 8.00. The zero-order chi connectivity index (χ0) is 24.7. The molecule has 0 aliphatic heterocycles. The summed E-state index contributed by atoms with van der Waals surface area (Å²) in [7, 11) is 0. The molecule has 1 N–H and O–H groups in total. The van der Waals surface area contributed by atoms with Crippen LogP contribution in [0.2, 0.25) is 0 Å². The number of carbonyl (C=O) groups is 1. The molecule has 0 saturated heterocycles. The van der Waals surface area contributed by atoms with Crippen LogP contribution in [-0.4, -0.2) is 23.3 Å². The second-order valence-electron chi connectivity index (χ2n) is 6.80. The van der Waals surface area contributed by atoms with Crippen molar-refractivity contribution in [3.05, 3.63) is 77.4 Å². The van der Waals surface area contributed by atoms with E-state index >= 15 is 0 Å². The number of amides is 1. The molecule has 176 valence electrons. The number of hydrogen-bond donors (Lipinski definition) is 1. The quantitative estimate of drug-likeness (QED) is 0.324. The summed E-state index contributed by atoms with van der Waals surface area (Å²) in [5, 5.41) is 11.8. The van der Waals surface area contributed by atoms with Gasteiger partial charge in [-0.05, 0) is 35.9 Å². The number of carbonyl (C=O) groups excluding carboxylic acids is 1. The number of benzene rings is 2. The molecule has 1 aromatic heterocycles. The molecular formula is C23H16F5N3O2S. The Labute approximate surface area is 195 Å². The molecule has 0 fully saturated rings. The van der Waals surface area contributed by atoms with Crippen molar-refractivity contribution in [3.63, 3.8) is 0 Å². The first-order valence-electron chi connectivity index (χ1n) is 9.68. The fourth-order valence-corrected chi connectivity index (χ4v) is 3.73. The number of ether oxygens (including phenoxy) is 1. The summed E-state index contributed by atoms with van der Waals surface area (Å²) in [5.41, 5.74) is -1.01. The number of alkyl halides is 5. The molecular weight excluding hydrogens is 477 g/mol. The largest absolute Gasteiger partial charge is 0.435 e. The molecule has 0 aliphatic rings. The van der Waals surface area contributed by atoms with E-state index in [1.165, 1.54) is 30.3 Å². The van der Waals surface area contributed by atoms with E-state index in [0.29, 0.717) is 17.8 Å². The number of nitrogens with one attached hydrogen (secondary N) is 1. The zero-order valence-corrected chi connectivity index (χ0v) is 18.1. The van der Waals surface area contributed by atoms with Gasteiger partial charge >= 0.3 is 12.8 Å². The summed E-state index contributed by atoms with van der Waals surface area (Å²) < 4.78 is 69.9. The maximum absolute atomic E-state index is 13.7. The Morgan fingerprint density at radius 2 is 1.79 bits per heavy atom. The second-order valence-corrected chi connectivity index (χ2v) is 7.76. The number of hydrogen-bond acceptors (Lipinski definition) is 5. The zero-order valence-electron chi connectivity index (χ0n) is 17.3. The Morgan fingerprint density at radius 1 is 1.12 bits per heavy atom. The molecule has 0 spiro atoms. The monoisotopic (exact) mass is 493 g/mol. The molecule has 0 unspecified atom stereocenters. The minimum Gasteiger partial charge on any atom is -0.435 e. The lowest BCUT2D eigenvalue weighted by Gasteiger charge is -2.14. The molecule has 0 atom stereocenters. The lowest BCUT2D eigenvalue weighted by molar-refractivity contribution is -0.138. The standard InChI is InChI=1S/C23H16F5N3O2S/c24-22(25)33-16-8-6-15(7-9-16)19-10-18(23(26,27)28)17(11-29)21(31-19)34-13-20(32)30-12-14-4-2-1-3-5-14/h1-10,22H,12-13H2,(H,30,32). The van der Waals surface area contributed by atoms with Crippen molar-refractivity contribution < 1.29 is 31.5 Å².